The van der Waals surface area contributed by atoms with Crippen molar-refractivity contribution in [1.29, 1.82) is 0 Å². The minimum Gasteiger partial charge on any atom is -0.354 e. The van der Waals surface area contributed by atoms with Crippen molar-refractivity contribution in [3.05, 3.63) is 48.0 Å². The molecule has 0 aliphatic carbocycles. The van der Waals surface area contributed by atoms with Gasteiger partial charge < -0.3 is 5.32 Å². The molecule has 0 amide bonds. The van der Waals surface area contributed by atoms with Crippen LogP contribution in [0.2, 0.25) is 0 Å². The molecule has 0 aliphatic rings. The Hall–Kier alpha value is -2.01. The molecule has 0 saturated carbocycles. The molecule has 0 unspecified atom stereocenters. The summed E-state index contributed by atoms with van der Waals surface area (Å²) in [6, 6.07) is 8.14. The normalized spacial score (nSPS) is 10.8. The number of aryl methyl sites for hydroxylation is 1. The van der Waals surface area contributed by atoms with Gasteiger partial charge in [-0.25, -0.2) is 15.0 Å². The van der Waals surface area contributed by atoms with E-state index < -0.39 is 0 Å². The first kappa shape index (κ1) is 12.0. The number of rotatable bonds is 4. The Balaban J connectivity index is 1.82. The standard InChI is InChI=1S/C14H14N4S/c1-2-10-5-3-6-11-13(10)18-14(19-11)17-9-12-15-7-4-8-16-12/h3-8H,2,9H2,1H3,(H,17,18). The minimum absolute atomic E-state index is 0.599. The molecule has 3 aromatic rings. The third-order valence-corrected chi connectivity index (χ3v) is 3.88. The first-order valence-corrected chi connectivity index (χ1v) is 7.06. The lowest BCUT2D eigenvalue weighted by molar-refractivity contribution is 0.946. The third-order valence-electron chi connectivity index (χ3n) is 2.90. The summed E-state index contributed by atoms with van der Waals surface area (Å²) in [4.78, 5) is 13.0. The molecule has 0 saturated heterocycles. The highest BCUT2D eigenvalue weighted by atomic mass is 32.1. The highest BCUT2D eigenvalue weighted by Gasteiger charge is 2.07. The van der Waals surface area contributed by atoms with E-state index >= 15 is 0 Å². The maximum Gasteiger partial charge on any atom is 0.184 e. The van der Waals surface area contributed by atoms with E-state index in [1.54, 1.807) is 23.7 Å². The van der Waals surface area contributed by atoms with Crippen LogP contribution in [0.3, 0.4) is 0 Å². The zero-order chi connectivity index (χ0) is 13.1. The second-order valence-corrected chi connectivity index (χ2v) is 5.19. The molecule has 0 atom stereocenters. The summed E-state index contributed by atoms with van der Waals surface area (Å²) < 4.78 is 1.22. The van der Waals surface area contributed by atoms with E-state index in [1.807, 2.05) is 6.07 Å². The van der Waals surface area contributed by atoms with Gasteiger partial charge in [-0.3, -0.25) is 0 Å². The van der Waals surface area contributed by atoms with Gasteiger partial charge in [-0.2, -0.15) is 0 Å². The largest absolute Gasteiger partial charge is 0.354 e. The summed E-state index contributed by atoms with van der Waals surface area (Å²) in [7, 11) is 0. The van der Waals surface area contributed by atoms with Crippen LogP contribution in [0.5, 0.6) is 0 Å². The number of benzene rings is 1. The van der Waals surface area contributed by atoms with Crippen molar-refractivity contribution < 1.29 is 0 Å². The molecule has 96 valence electrons. The number of nitrogens with zero attached hydrogens (tertiary/aromatic N) is 3. The molecule has 19 heavy (non-hydrogen) atoms. The lowest BCUT2D eigenvalue weighted by Crippen LogP contribution is -2.02. The predicted molar refractivity (Wildman–Crippen MR) is 78.4 cm³/mol. The van der Waals surface area contributed by atoms with Crippen LogP contribution >= 0.6 is 11.3 Å². The molecule has 0 aliphatic heterocycles. The summed E-state index contributed by atoms with van der Waals surface area (Å²) in [5.41, 5.74) is 2.39. The van der Waals surface area contributed by atoms with Gasteiger partial charge >= 0.3 is 0 Å². The quantitative estimate of drug-likeness (QED) is 0.790. The fraction of sp³-hybridized carbons (Fsp3) is 0.214. The zero-order valence-corrected chi connectivity index (χ0v) is 11.4. The lowest BCUT2D eigenvalue weighted by atomic mass is 10.1. The van der Waals surface area contributed by atoms with E-state index in [9.17, 15) is 0 Å². The van der Waals surface area contributed by atoms with Crippen LogP contribution in [0.25, 0.3) is 10.2 Å². The molecule has 5 heteroatoms. The summed E-state index contributed by atoms with van der Waals surface area (Å²) in [6.45, 7) is 2.75. The van der Waals surface area contributed by atoms with Gasteiger partial charge in [-0.1, -0.05) is 30.4 Å². The molecule has 2 heterocycles. The predicted octanol–water partition coefficient (Wildman–Crippen LogP) is 3.26. The fourth-order valence-corrected chi connectivity index (χ4v) is 2.85. The highest BCUT2D eigenvalue weighted by molar-refractivity contribution is 7.22. The molecule has 0 radical (unpaired) electrons. The van der Waals surface area contributed by atoms with Crippen molar-refractivity contribution in [3.63, 3.8) is 0 Å². The van der Waals surface area contributed by atoms with Gasteiger partial charge in [0.2, 0.25) is 0 Å². The fourth-order valence-electron chi connectivity index (χ4n) is 1.94. The molecule has 1 aromatic carbocycles. The van der Waals surface area contributed by atoms with Gasteiger partial charge in [0.1, 0.15) is 5.82 Å². The third kappa shape index (κ3) is 2.56. The van der Waals surface area contributed by atoms with Gasteiger partial charge in [0.05, 0.1) is 16.8 Å². The van der Waals surface area contributed by atoms with Crippen molar-refractivity contribution in [2.45, 2.75) is 19.9 Å². The average Bonchev–Trinajstić information content (AvgIpc) is 2.89. The number of fused-ring (bicyclic) bond motifs is 1. The molecule has 4 nitrogen and oxygen atoms in total. The van der Waals surface area contributed by atoms with Crippen LogP contribution in [-0.4, -0.2) is 15.0 Å². The van der Waals surface area contributed by atoms with Crippen LogP contribution in [0.4, 0.5) is 5.13 Å². The Bertz CT molecular complexity index is 678. The minimum atomic E-state index is 0.599. The van der Waals surface area contributed by atoms with Gasteiger partial charge in [-0.15, -0.1) is 0 Å². The Morgan fingerprint density at radius 1 is 1.16 bits per heavy atom. The van der Waals surface area contributed by atoms with Gasteiger partial charge in [0.25, 0.3) is 0 Å². The second-order valence-electron chi connectivity index (χ2n) is 4.16. The van der Waals surface area contributed by atoms with Gasteiger partial charge in [-0.05, 0) is 24.1 Å². The number of nitrogens with one attached hydrogen (secondary N) is 1. The van der Waals surface area contributed by atoms with Crippen LogP contribution in [0.1, 0.15) is 18.3 Å². The second kappa shape index (κ2) is 5.32. The summed E-state index contributed by atoms with van der Waals surface area (Å²) in [5.74, 6) is 0.775. The Kier molecular flexibility index (Phi) is 3.37. The SMILES string of the molecule is CCc1cccc2sc(NCc3ncccn3)nc12. The lowest BCUT2D eigenvalue weighted by Gasteiger charge is -1.99. The van der Waals surface area contributed by atoms with Crippen LogP contribution in [-0.2, 0) is 13.0 Å². The van der Waals surface area contributed by atoms with Crippen molar-refractivity contribution in [2.24, 2.45) is 0 Å². The number of anilines is 1. The summed E-state index contributed by atoms with van der Waals surface area (Å²) >= 11 is 1.67. The molecule has 0 fully saturated rings. The van der Waals surface area contributed by atoms with Crippen molar-refractivity contribution in [2.75, 3.05) is 5.32 Å². The summed E-state index contributed by atoms with van der Waals surface area (Å²) in [5, 5.41) is 4.20. The van der Waals surface area contributed by atoms with Crippen molar-refractivity contribution in [3.8, 4) is 0 Å². The van der Waals surface area contributed by atoms with Gasteiger partial charge in [0.15, 0.2) is 5.13 Å². The molecule has 0 bridgehead atoms. The number of aromatic nitrogens is 3. The number of para-hydroxylation sites is 1. The van der Waals surface area contributed by atoms with E-state index in [0.717, 1.165) is 22.9 Å². The zero-order valence-electron chi connectivity index (χ0n) is 10.6. The van der Waals surface area contributed by atoms with Crippen LogP contribution in [0.15, 0.2) is 36.7 Å². The summed E-state index contributed by atoms with van der Waals surface area (Å²) in [6.07, 6.45) is 4.50. The number of hydrogen-bond donors (Lipinski definition) is 1. The van der Waals surface area contributed by atoms with E-state index in [2.05, 4.69) is 45.4 Å². The smallest absolute Gasteiger partial charge is 0.184 e. The van der Waals surface area contributed by atoms with Crippen LogP contribution in [0, 0.1) is 0 Å². The highest BCUT2D eigenvalue weighted by Crippen LogP contribution is 2.28. The molecule has 1 N–H and O–H groups in total. The number of hydrogen-bond acceptors (Lipinski definition) is 5. The van der Waals surface area contributed by atoms with Crippen LogP contribution < -0.4 is 5.32 Å². The van der Waals surface area contributed by atoms with Crippen molar-refractivity contribution in [1.82, 2.24) is 15.0 Å². The first-order chi connectivity index (χ1) is 9.36. The molecule has 0 spiro atoms. The van der Waals surface area contributed by atoms with Crippen molar-refractivity contribution >= 4 is 26.7 Å². The van der Waals surface area contributed by atoms with E-state index in [0.29, 0.717) is 6.54 Å². The Morgan fingerprint density at radius 3 is 2.79 bits per heavy atom. The molecular formula is C14H14N4S. The Morgan fingerprint density at radius 2 is 2.00 bits per heavy atom. The monoisotopic (exact) mass is 270 g/mol. The first-order valence-electron chi connectivity index (χ1n) is 6.25. The maximum absolute atomic E-state index is 4.65. The molecule has 2 aromatic heterocycles. The molecule has 3 rings (SSSR count). The Labute approximate surface area is 115 Å². The number of thiazole rings is 1. The van der Waals surface area contributed by atoms with Gasteiger partial charge in [0, 0.05) is 12.4 Å². The topological polar surface area (TPSA) is 50.7 Å². The van der Waals surface area contributed by atoms with E-state index in [1.165, 1.54) is 10.3 Å². The van der Waals surface area contributed by atoms with E-state index in [-0.39, 0.29) is 0 Å². The van der Waals surface area contributed by atoms with E-state index in [4.69, 9.17) is 0 Å². The average molecular weight is 270 g/mol. The molecular weight excluding hydrogens is 256 g/mol. The maximum atomic E-state index is 4.65.